The van der Waals surface area contributed by atoms with E-state index in [9.17, 15) is 9.90 Å². The van der Waals surface area contributed by atoms with Gasteiger partial charge in [0.1, 0.15) is 6.10 Å². The summed E-state index contributed by atoms with van der Waals surface area (Å²) in [5.41, 5.74) is -0.0898. The van der Waals surface area contributed by atoms with Gasteiger partial charge in [0, 0.05) is 5.92 Å². The summed E-state index contributed by atoms with van der Waals surface area (Å²) in [6.45, 7) is 6.90. The minimum absolute atomic E-state index is 0.0912. The van der Waals surface area contributed by atoms with Crippen LogP contribution < -0.4 is 0 Å². The second kappa shape index (κ2) is 4.55. The Kier molecular flexibility index (Phi) is 3.76. The van der Waals surface area contributed by atoms with Crippen LogP contribution in [-0.4, -0.2) is 35.0 Å². The van der Waals surface area contributed by atoms with Gasteiger partial charge < -0.3 is 14.9 Å². The minimum atomic E-state index is -0.866. The Morgan fingerprint density at radius 3 is 2.62 bits per heavy atom. The van der Waals surface area contributed by atoms with E-state index >= 15 is 0 Å². The number of rotatable bonds is 2. The van der Waals surface area contributed by atoms with Crippen LogP contribution in [0.2, 0.25) is 0 Å². The molecule has 2 N–H and O–H groups in total. The molecule has 0 spiro atoms. The molecule has 1 heterocycles. The smallest absolute Gasteiger partial charge is 0.314 e. The molecule has 0 radical (unpaired) electrons. The maximum atomic E-state index is 11.7. The molecule has 0 aromatic rings. The maximum Gasteiger partial charge on any atom is 0.314 e. The minimum Gasteiger partial charge on any atom is -0.457 e. The van der Waals surface area contributed by atoms with Crippen LogP contribution >= 0.6 is 0 Å². The number of cyclic esters (lactones) is 1. The highest BCUT2D eigenvalue weighted by molar-refractivity contribution is 5.78. The molecule has 4 heteroatoms. The van der Waals surface area contributed by atoms with E-state index in [0.717, 1.165) is 5.57 Å². The molecule has 0 aromatic heterocycles. The Morgan fingerprint density at radius 2 is 2.12 bits per heavy atom. The number of ether oxygens (including phenoxy) is 1. The molecule has 0 aromatic carbocycles. The van der Waals surface area contributed by atoms with E-state index < -0.39 is 23.6 Å². The number of aliphatic hydroxyl groups is 2. The van der Waals surface area contributed by atoms with Crippen molar-refractivity contribution < 1.29 is 19.7 Å². The van der Waals surface area contributed by atoms with Gasteiger partial charge in [0.05, 0.1) is 18.1 Å². The second-order valence-corrected chi connectivity index (χ2v) is 4.98. The van der Waals surface area contributed by atoms with Crippen molar-refractivity contribution >= 4 is 5.97 Å². The number of hydrogen-bond acceptors (Lipinski definition) is 4. The topological polar surface area (TPSA) is 66.8 Å². The lowest BCUT2D eigenvalue weighted by molar-refractivity contribution is -0.187. The Morgan fingerprint density at radius 1 is 1.56 bits per heavy atom. The van der Waals surface area contributed by atoms with E-state index in [1.54, 1.807) is 26.8 Å². The molecule has 0 amide bonds. The van der Waals surface area contributed by atoms with Crippen LogP contribution in [0.25, 0.3) is 0 Å². The third-order valence-electron chi connectivity index (χ3n) is 3.34. The van der Waals surface area contributed by atoms with Gasteiger partial charge in [0.2, 0.25) is 0 Å². The van der Waals surface area contributed by atoms with E-state index in [4.69, 9.17) is 9.84 Å². The van der Waals surface area contributed by atoms with Crippen LogP contribution in [0, 0.1) is 11.3 Å². The van der Waals surface area contributed by atoms with Gasteiger partial charge in [-0.2, -0.15) is 0 Å². The zero-order valence-corrected chi connectivity index (χ0v) is 10.2. The van der Waals surface area contributed by atoms with Crippen molar-refractivity contribution in [3.8, 4) is 0 Å². The molecule has 0 saturated carbocycles. The molecule has 16 heavy (non-hydrogen) atoms. The summed E-state index contributed by atoms with van der Waals surface area (Å²) >= 11 is 0. The van der Waals surface area contributed by atoms with Gasteiger partial charge in [-0.1, -0.05) is 13.0 Å². The second-order valence-electron chi connectivity index (χ2n) is 4.98. The van der Waals surface area contributed by atoms with E-state index in [2.05, 4.69) is 0 Å². The third-order valence-corrected chi connectivity index (χ3v) is 3.34. The summed E-state index contributed by atoms with van der Waals surface area (Å²) in [6.07, 6.45) is 0.419. The largest absolute Gasteiger partial charge is 0.457 e. The summed E-state index contributed by atoms with van der Waals surface area (Å²) in [6, 6.07) is 0. The standard InChI is InChI=1S/C12H20O4/c1-7(5-6-13)9-8(2)10(14)12(3,4)11(15)16-9/h5,8-10,13-14H,6H2,1-4H3/b7-5+/t8-,9-,10-/m1/s1. The summed E-state index contributed by atoms with van der Waals surface area (Å²) in [7, 11) is 0. The van der Waals surface area contributed by atoms with Crippen LogP contribution in [0.15, 0.2) is 11.6 Å². The fourth-order valence-corrected chi connectivity index (χ4v) is 2.09. The summed E-state index contributed by atoms with van der Waals surface area (Å²) in [4.78, 5) is 11.7. The predicted octanol–water partition coefficient (Wildman–Crippen LogP) is 0.874. The first-order valence-corrected chi connectivity index (χ1v) is 5.49. The van der Waals surface area contributed by atoms with E-state index in [1.165, 1.54) is 0 Å². The molecular formula is C12H20O4. The molecule has 1 fully saturated rings. The number of aliphatic hydroxyl groups excluding tert-OH is 2. The monoisotopic (exact) mass is 228 g/mol. The summed E-state index contributed by atoms with van der Waals surface area (Å²) in [5.74, 6) is -0.565. The summed E-state index contributed by atoms with van der Waals surface area (Å²) in [5, 5.41) is 18.9. The molecule has 3 atom stereocenters. The van der Waals surface area contributed by atoms with Gasteiger partial charge in [-0.3, -0.25) is 4.79 Å². The molecule has 1 aliphatic rings. The van der Waals surface area contributed by atoms with Gasteiger partial charge in [-0.25, -0.2) is 0 Å². The highest BCUT2D eigenvalue weighted by Gasteiger charge is 2.49. The maximum absolute atomic E-state index is 11.7. The highest BCUT2D eigenvalue weighted by Crippen LogP contribution is 2.37. The third kappa shape index (κ3) is 2.13. The van der Waals surface area contributed by atoms with Crippen molar-refractivity contribution in [3.63, 3.8) is 0 Å². The quantitative estimate of drug-likeness (QED) is 0.543. The molecule has 1 aliphatic heterocycles. The van der Waals surface area contributed by atoms with Crippen molar-refractivity contribution in [2.24, 2.45) is 11.3 Å². The van der Waals surface area contributed by atoms with Crippen LogP contribution in [0.1, 0.15) is 27.7 Å². The normalized spacial score (nSPS) is 34.8. The Hall–Kier alpha value is -0.870. The number of hydrogen-bond donors (Lipinski definition) is 2. The average Bonchev–Trinajstić information content (AvgIpc) is 2.21. The van der Waals surface area contributed by atoms with Gasteiger partial charge in [0.25, 0.3) is 0 Å². The van der Waals surface area contributed by atoms with E-state index in [1.807, 2.05) is 6.92 Å². The SMILES string of the molecule is C/C(=C\CO)[C@H]1OC(=O)C(C)(C)[C@H](O)[C@@H]1C. The molecule has 1 rings (SSSR count). The molecule has 4 nitrogen and oxygen atoms in total. The van der Waals surface area contributed by atoms with Crippen LogP contribution in [0.5, 0.6) is 0 Å². The fourth-order valence-electron chi connectivity index (χ4n) is 2.09. The molecule has 0 unspecified atom stereocenters. The van der Waals surface area contributed by atoms with Gasteiger partial charge in [-0.15, -0.1) is 0 Å². The lowest BCUT2D eigenvalue weighted by Crippen LogP contribution is -2.53. The number of esters is 1. The molecule has 92 valence electrons. The molecule has 0 aliphatic carbocycles. The molecule has 1 saturated heterocycles. The van der Waals surface area contributed by atoms with Crippen LogP contribution in [0.3, 0.4) is 0 Å². The first-order chi connectivity index (χ1) is 7.32. The predicted molar refractivity (Wildman–Crippen MR) is 59.7 cm³/mol. The Labute approximate surface area is 95.9 Å². The zero-order chi connectivity index (χ0) is 12.5. The highest BCUT2D eigenvalue weighted by atomic mass is 16.6. The van der Waals surface area contributed by atoms with Crippen molar-refractivity contribution in [3.05, 3.63) is 11.6 Å². The number of carbonyl (C=O) groups is 1. The van der Waals surface area contributed by atoms with Crippen LogP contribution in [-0.2, 0) is 9.53 Å². The first kappa shape index (κ1) is 13.2. The lowest BCUT2D eigenvalue weighted by atomic mass is 9.74. The Bertz CT molecular complexity index is 306. The lowest BCUT2D eigenvalue weighted by Gasteiger charge is -2.42. The van der Waals surface area contributed by atoms with Crippen LogP contribution in [0.4, 0.5) is 0 Å². The van der Waals surface area contributed by atoms with E-state index in [0.29, 0.717) is 0 Å². The molecule has 0 bridgehead atoms. The van der Waals surface area contributed by atoms with Gasteiger partial charge >= 0.3 is 5.97 Å². The van der Waals surface area contributed by atoms with Crippen molar-refractivity contribution in [1.82, 2.24) is 0 Å². The van der Waals surface area contributed by atoms with Crippen molar-refractivity contribution in [2.45, 2.75) is 39.9 Å². The van der Waals surface area contributed by atoms with Crippen molar-refractivity contribution in [2.75, 3.05) is 6.61 Å². The van der Waals surface area contributed by atoms with E-state index in [-0.39, 0.29) is 12.5 Å². The zero-order valence-electron chi connectivity index (χ0n) is 10.2. The summed E-state index contributed by atoms with van der Waals surface area (Å²) < 4.78 is 5.32. The molecular weight excluding hydrogens is 208 g/mol. The van der Waals surface area contributed by atoms with Crippen molar-refractivity contribution in [1.29, 1.82) is 0 Å². The number of carbonyl (C=O) groups excluding carboxylic acids is 1. The fraction of sp³-hybridized carbons (Fsp3) is 0.750. The van der Waals surface area contributed by atoms with Gasteiger partial charge in [0.15, 0.2) is 0 Å². The van der Waals surface area contributed by atoms with Gasteiger partial charge in [-0.05, 0) is 26.3 Å². The average molecular weight is 228 g/mol. The Balaban J connectivity index is 2.94. The first-order valence-electron chi connectivity index (χ1n) is 5.49.